The van der Waals surface area contributed by atoms with Crippen LogP contribution in [-0.4, -0.2) is 30.0 Å². The predicted molar refractivity (Wildman–Crippen MR) is 95.2 cm³/mol. The maximum Gasteiger partial charge on any atom is 0.321 e. The Hall–Kier alpha value is -3.08. The maximum atomic E-state index is 11.7. The maximum absolute atomic E-state index is 11.7. The molecule has 0 unspecified atom stereocenters. The van der Waals surface area contributed by atoms with Crippen molar-refractivity contribution in [1.29, 1.82) is 0 Å². The molecule has 0 aliphatic rings. The fourth-order valence-corrected chi connectivity index (χ4v) is 2.24. The molecule has 0 aliphatic carbocycles. The molecule has 3 aromatic rings. The summed E-state index contributed by atoms with van der Waals surface area (Å²) in [6.07, 6.45) is 0. The number of carbonyl (C=O) groups is 1. The molecule has 0 saturated carbocycles. The molecule has 0 saturated heterocycles. The minimum atomic E-state index is -0.177. The molecule has 0 atom stereocenters. The summed E-state index contributed by atoms with van der Waals surface area (Å²) in [4.78, 5) is 17.8. The van der Waals surface area contributed by atoms with E-state index in [0.717, 1.165) is 16.6 Å². The number of urea groups is 1. The number of pyridine rings is 1. The lowest BCUT2D eigenvalue weighted by Gasteiger charge is -2.13. The molecule has 1 aromatic heterocycles. The fourth-order valence-electron chi connectivity index (χ4n) is 2.24. The van der Waals surface area contributed by atoms with Gasteiger partial charge in [0, 0.05) is 31.2 Å². The zero-order valence-electron chi connectivity index (χ0n) is 13.7. The number of nitrogens with zero attached hydrogens (tertiary/aromatic N) is 2. The van der Waals surface area contributed by atoms with Crippen LogP contribution in [0.3, 0.4) is 0 Å². The van der Waals surface area contributed by atoms with E-state index in [1.54, 1.807) is 20.2 Å². The van der Waals surface area contributed by atoms with Crippen LogP contribution in [0.15, 0.2) is 60.7 Å². The van der Waals surface area contributed by atoms with Crippen molar-refractivity contribution >= 4 is 22.6 Å². The molecular weight excluding hydrogens is 302 g/mol. The first-order valence-corrected chi connectivity index (χ1v) is 7.68. The van der Waals surface area contributed by atoms with Gasteiger partial charge in [-0.2, -0.15) is 0 Å². The average Bonchev–Trinajstić information content (AvgIpc) is 2.60. The van der Waals surface area contributed by atoms with Crippen molar-refractivity contribution in [3.05, 3.63) is 66.4 Å². The summed E-state index contributed by atoms with van der Waals surface area (Å²) < 4.78 is 5.80. The van der Waals surface area contributed by atoms with E-state index in [1.807, 2.05) is 54.6 Å². The van der Waals surface area contributed by atoms with Gasteiger partial charge >= 0.3 is 6.03 Å². The van der Waals surface area contributed by atoms with Crippen LogP contribution in [0.2, 0.25) is 0 Å². The molecule has 1 N–H and O–H groups in total. The number of ether oxygens (including phenoxy) is 1. The number of amides is 2. The van der Waals surface area contributed by atoms with Gasteiger partial charge in [-0.3, -0.25) is 0 Å². The minimum Gasteiger partial charge on any atom is -0.487 e. The Morgan fingerprint density at radius 3 is 2.75 bits per heavy atom. The number of para-hydroxylation sites is 1. The molecule has 24 heavy (non-hydrogen) atoms. The van der Waals surface area contributed by atoms with Gasteiger partial charge in [-0.1, -0.05) is 30.3 Å². The lowest BCUT2D eigenvalue weighted by molar-refractivity contribution is 0.230. The van der Waals surface area contributed by atoms with Crippen LogP contribution < -0.4 is 10.1 Å². The number of nitrogens with one attached hydrogen (secondary N) is 1. The predicted octanol–water partition coefficient (Wildman–Crippen LogP) is 3.91. The molecule has 0 fully saturated rings. The van der Waals surface area contributed by atoms with Gasteiger partial charge in [-0.25, -0.2) is 9.78 Å². The number of rotatable bonds is 4. The lowest BCUT2D eigenvalue weighted by atomic mass is 10.2. The minimum absolute atomic E-state index is 0.177. The summed E-state index contributed by atoms with van der Waals surface area (Å²) in [5.74, 6) is 0.682. The Bertz CT molecular complexity index is 862. The van der Waals surface area contributed by atoms with E-state index >= 15 is 0 Å². The third-order valence-corrected chi connectivity index (χ3v) is 3.53. The van der Waals surface area contributed by atoms with Gasteiger partial charge in [-0.15, -0.1) is 0 Å². The van der Waals surface area contributed by atoms with Crippen molar-refractivity contribution in [2.24, 2.45) is 0 Å². The second-order valence-corrected chi connectivity index (χ2v) is 5.64. The Balaban J connectivity index is 1.68. The molecule has 2 amide bonds. The van der Waals surface area contributed by atoms with Crippen LogP contribution in [0.5, 0.6) is 5.75 Å². The van der Waals surface area contributed by atoms with E-state index in [1.165, 1.54) is 4.90 Å². The second-order valence-electron chi connectivity index (χ2n) is 5.64. The fraction of sp³-hybridized carbons (Fsp3) is 0.158. The number of benzene rings is 2. The summed E-state index contributed by atoms with van der Waals surface area (Å²) in [7, 11) is 3.39. The topological polar surface area (TPSA) is 54.5 Å². The summed E-state index contributed by atoms with van der Waals surface area (Å²) in [5.41, 5.74) is 2.50. The third-order valence-electron chi connectivity index (χ3n) is 3.53. The first-order valence-electron chi connectivity index (χ1n) is 7.68. The largest absolute Gasteiger partial charge is 0.487 e. The quantitative estimate of drug-likeness (QED) is 0.793. The Kier molecular flexibility index (Phi) is 4.61. The number of carbonyl (C=O) groups excluding carboxylic acids is 1. The van der Waals surface area contributed by atoms with Crippen molar-refractivity contribution < 1.29 is 9.53 Å². The standard InChI is InChI=1S/C19H19N3O2/c1-22(2)19(23)21-15-7-5-8-17(12-15)24-13-16-11-10-14-6-3-4-9-18(14)20-16/h3-12H,13H2,1-2H3,(H,21,23). The van der Waals surface area contributed by atoms with E-state index in [4.69, 9.17) is 4.74 Å². The Labute approximate surface area is 140 Å². The highest BCUT2D eigenvalue weighted by Crippen LogP contribution is 2.19. The molecule has 0 bridgehead atoms. The Morgan fingerprint density at radius 1 is 1.08 bits per heavy atom. The number of anilines is 1. The van der Waals surface area contributed by atoms with Crippen molar-refractivity contribution in [2.45, 2.75) is 6.61 Å². The Morgan fingerprint density at radius 2 is 1.92 bits per heavy atom. The molecule has 1 heterocycles. The van der Waals surface area contributed by atoms with E-state index in [2.05, 4.69) is 10.3 Å². The number of fused-ring (bicyclic) bond motifs is 1. The number of aromatic nitrogens is 1. The molecule has 5 nitrogen and oxygen atoms in total. The first-order chi connectivity index (χ1) is 11.6. The molecule has 5 heteroatoms. The SMILES string of the molecule is CN(C)C(=O)Nc1cccc(OCc2ccc3ccccc3n2)c1. The molecule has 0 spiro atoms. The van der Waals surface area contributed by atoms with Gasteiger partial charge < -0.3 is 15.0 Å². The molecular formula is C19H19N3O2. The first kappa shape index (κ1) is 15.8. The average molecular weight is 321 g/mol. The van der Waals surface area contributed by atoms with Gasteiger partial charge in [0.2, 0.25) is 0 Å². The van der Waals surface area contributed by atoms with Crippen molar-refractivity contribution in [3.8, 4) is 5.75 Å². The van der Waals surface area contributed by atoms with Crippen LogP contribution in [0.4, 0.5) is 10.5 Å². The molecule has 3 rings (SSSR count). The normalized spacial score (nSPS) is 10.4. The van der Waals surface area contributed by atoms with Crippen molar-refractivity contribution in [2.75, 3.05) is 19.4 Å². The van der Waals surface area contributed by atoms with Crippen molar-refractivity contribution in [3.63, 3.8) is 0 Å². The number of hydrogen-bond acceptors (Lipinski definition) is 3. The summed E-state index contributed by atoms with van der Waals surface area (Å²) in [6.45, 7) is 0.371. The third kappa shape index (κ3) is 3.81. The zero-order chi connectivity index (χ0) is 16.9. The van der Waals surface area contributed by atoms with E-state index < -0.39 is 0 Å². The highest BCUT2D eigenvalue weighted by Gasteiger charge is 2.05. The monoisotopic (exact) mass is 321 g/mol. The van der Waals surface area contributed by atoms with Gasteiger partial charge in [0.05, 0.1) is 11.2 Å². The highest BCUT2D eigenvalue weighted by molar-refractivity contribution is 5.89. The van der Waals surface area contributed by atoms with Gasteiger partial charge in [0.1, 0.15) is 12.4 Å². The van der Waals surface area contributed by atoms with Crippen LogP contribution in [-0.2, 0) is 6.61 Å². The highest BCUT2D eigenvalue weighted by atomic mass is 16.5. The van der Waals surface area contributed by atoms with E-state index in [9.17, 15) is 4.79 Å². The van der Waals surface area contributed by atoms with Crippen LogP contribution >= 0.6 is 0 Å². The van der Waals surface area contributed by atoms with Crippen molar-refractivity contribution in [1.82, 2.24) is 9.88 Å². The molecule has 0 aliphatic heterocycles. The second kappa shape index (κ2) is 7.00. The van der Waals surface area contributed by atoms with Gasteiger partial charge in [-0.05, 0) is 24.3 Å². The molecule has 0 radical (unpaired) electrons. The van der Waals surface area contributed by atoms with Crippen LogP contribution in [0.1, 0.15) is 5.69 Å². The summed E-state index contributed by atoms with van der Waals surface area (Å²) in [6, 6.07) is 19.1. The van der Waals surface area contributed by atoms with Gasteiger partial charge in [0.25, 0.3) is 0 Å². The smallest absolute Gasteiger partial charge is 0.321 e. The van der Waals surface area contributed by atoms with Gasteiger partial charge in [0.15, 0.2) is 0 Å². The van der Waals surface area contributed by atoms with Crippen LogP contribution in [0.25, 0.3) is 10.9 Å². The molecule has 2 aromatic carbocycles. The summed E-state index contributed by atoms with van der Waals surface area (Å²) >= 11 is 0. The zero-order valence-corrected chi connectivity index (χ0v) is 13.7. The van der Waals surface area contributed by atoms with E-state index in [0.29, 0.717) is 18.0 Å². The number of hydrogen-bond donors (Lipinski definition) is 1. The lowest BCUT2D eigenvalue weighted by Crippen LogP contribution is -2.27. The molecule has 122 valence electrons. The van der Waals surface area contributed by atoms with Crippen LogP contribution in [0, 0.1) is 0 Å². The summed E-state index contributed by atoms with van der Waals surface area (Å²) in [5, 5.41) is 3.90. The van der Waals surface area contributed by atoms with E-state index in [-0.39, 0.29) is 6.03 Å².